The lowest BCUT2D eigenvalue weighted by Gasteiger charge is -2.22. The van der Waals surface area contributed by atoms with Crippen molar-refractivity contribution in [2.24, 2.45) is 0 Å². The number of aryl methyl sites for hydroxylation is 1. The Morgan fingerprint density at radius 2 is 1.70 bits per heavy atom. The Morgan fingerprint density at radius 3 is 2.38 bits per heavy atom. The van der Waals surface area contributed by atoms with E-state index in [9.17, 15) is 19.2 Å². The summed E-state index contributed by atoms with van der Waals surface area (Å²) in [6, 6.07) is 10.8. The Kier molecular flexibility index (Phi) is 10.3. The smallest absolute Gasteiger partial charge is 0.294 e. The van der Waals surface area contributed by atoms with Crippen molar-refractivity contribution in [1.82, 2.24) is 9.80 Å². The molecule has 0 spiro atoms. The number of nitrogens with one attached hydrogen (secondary N) is 1. The zero-order chi connectivity index (χ0) is 28.6. The van der Waals surface area contributed by atoms with Gasteiger partial charge in [0, 0.05) is 23.2 Å². The molecule has 2 aromatic rings. The van der Waals surface area contributed by atoms with Gasteiger partial charge in [0.2, 0.25) is 5.91 Å². The van der Waals surface area contributed by atoms with Gasteiger partial charge in [0.05, 0.1) is 11.5 Å². The largest absolute Gasteiger partial charge is 0.490 e. The number of halogens is 1. The molecular weight excluding hydrogens is 598 g/mol. The number of rotatable bonds is 9. The first-order valence-electron chi connectivity index (χ1n) is 13.2. The molecule has 2 fully saturated rings. The van der Waals surface area contributed by atoms with Crippen LogP contribution in [0.1, 0.15) is 43.7 Å². The van der Waals surface area contributed by atoms with E-state index < -0.39 is 11.1 Å². The first kappa shape index (κ1) is 29.7. The van der Waals surface area contributed by atoms with E-state index in [2.05, 4.69) is 21.2 Å². The van der Waals surface area contributed by atoms with Crippen molar-refractivity contribution in [2.75, 3.05) is 38.2 Å². The zero-order valence-corrected chi connectivity index (χ0v) is 24.9. The van der Waals surface area contributed by atoms with Gasteiger partial charge in [-0.1, -0.05) is 46.5 Å². The van der Waals surface area contributed by atoms with E-state index in [4.69, 9.17) is 9.47 Å². The summed E-state index contributed by atoms with van der Waals surface area (Å²) < 4.78 is 12.1. The lowest BCUT2D eigenvalue weighted by molar-refractivity contribution is -0.135. The number of imide groups is 1. The van der Waals surface area contributed by atoms with E-state index in [-0.39, 0.29) is 29.9 Å². The molecule has 4 amide bonds. The molecule has 2 aliphatic rings. The van der Waals surface area contributed by atoms with Crippen LogP contribution >= 0.6 is 27.7 Å². The molecule has 1 N–H and O–H groups in total. The molecule has 0 aromatic heterocycles. The molecule has 2 saturated heterocycles. The lowest BCUT2D eigenvalue weighted by atomic mass is 10.1. The van der Waals surface area contributed by atoms with Gasteiger partial charge in [-0.25, -0.2) is 0 Å². The van der Waals surface area contributed by atoms with Gasteiger partial charge in [-0.05, 0) is 74.4 Å². The number of likely N-dealkylation sites (tertiary alicyclic amines) is 1. The number of carbonyl (C=O) groups excluding carboxylic acids is 4. The van der Waals surface area contributed by atoms with Crippen molar-refractivity contribution >= 4 is 62.4 Å². The maximum Gasteiger partial charge on any atom is 0.294 e. The van der Waals surface area contributed by atoms with Crippen molar-refractivity contribution in [3.63, 3.8) is 0 Å². The highest BCUT2D eigenvalue weighted by Crippen LogP contribution is 2.38. The quantitative estimate of drug-likeness (QED) is 0.359. The molecule has 11 heteroatoms. The van der Waals surface area contributed by atoms with Crippen LogP contribution in [0.15, 0.2) is 45.8 Å². The molecule has 40 heavy (non-hydrogen) atoms. The molecule has 0 bridgehead atoms. The SMILES string of the molecule is CCOc1cc(C=C2SC(=O)N(CC(=O)N3CCCCCC3)C2=O)c(Br)cc1OCC(=O)Nc1ccc(C)cc1. The van der Waals surface area contributed by atoms with Crippen LogP contribution in [-0.2, 0) is 14.4 Å². The lowest BCUT2D eigenvalue weighted by Crippen LogP contribution is -2.42. The van der Waals surface area contributed by atoms with E-state index in [1.807, 2.05) is 38.1 Å². The van der Waals surface area contributed by atoms with Gasteiger partial charge < -0.3 is 19.7 Å². The van der Waals surface area contributed by atoms with E-state index in [0.717, 1.165) is 47.9 Å². The molecule has 0 atom stereocenters. The normalized spacial score (nSPS) is 16.7. The van der Waals surface area contributed by atoms with Gasteiger partial charge in [-0.15, -0.1) is 0 Å². The van der Waals surface area contributed by atoms with Crippen LogP contribution < -0.4 is 14.8 Å². The molecule has 212 valence electrons. The Morgan fingerprint density at radius 1 is 1.02 bits per heavy atom. The maximum atomic E-state index is 13.1. The van der Waals surface area contributed by atoms with Crippen LogP contribution in [0.2, 0.25) is 0 Å². The molecule has 0 aliphatic carbocycles. The summed E-state index contributed by atoms with van der Waals surface area (Å²) in [5.41, 5.74) is 2.35. The van der Waals surface area contributed by atoms with E-state index in [0.29, 0.717) is 46.9 Å². The number of amides is 4. The highest BCUT2D eigenvalue weighted by Gasteiger charge is 2.37. The summed E-state index contributed by atoms with van der Waals surface area (Å²) in [4.78, 5) is 53.9. The summed E-state index contributed by atoms with van der Waals surface area (Å²) in [6.07, 6.45) is 5.61. The summed E-state index contributed by atoms with van der Waals surface area (Å²) in [5.74, 6) is -0.305. The molecular formula is C29H32BrN3O6S. The molecule has 0 saturated carbocycles. The Labute approximate surface area is 246 Å². The van der Waals surface area contributed by atoms with Crippen molar-refractivity contribution in [1.29, 1.82) is 0 Å². The summed E-state index contributed by atoms with van der Waals surface area (Å²) in [6.45, 7) is 4.95. The molecule has 2 heterocycles. The third-order valence-electron chi connectivity index (χ3n) is 6.47. The third kappa shape index (κ3) is 7.66. The van der Waals surface area contributed by atoms with Gasteiger partial charge in [0.25, 0.3) is 17.1 Å². The average molecular weight is 631 g/mol. The average Bonchev–Trinajstić information content (AvgIpc) is 3.11. The monoisotopic (exact) mass is 629 g/mol. The Hall–Kier alpha value is -3.31. The molecule has 0 radical (unpaired) electrons. The highest BCUT2D eigenvalue weighted by atomic mass is 79.9. The third-order valence-corrected chi connectivity index (χ3v) is 8.06. The van der Waals surface area contributed by atoms with Crippen LogP contribution in [0, 0.1) is 6.92 Å². The number of thioether (sulfide) groups is 1. The minimum absolute atomic E-state index is 0.210. The highest BCUT2D eigenvalue weighted by molar-refractivity contribution is 9.10. The first-order chi connectivity index (χ1) is 19.2. The first-order valence-corrected chi connectivity index (χ1v) is 14.8. The maximum absolute atomic E-state index is 13.1. The molecule has 0 unspecified atom stereocenters. The van der Waals surface area contributed by atoms with Gasteiger partial charge in [0.15, 0.2) is 18.1 Å². The Bertz CT molecular complexity index is 1310. The van der Waals surface area contributed by atoms with Gasteiger partial charge in [-0.3, -0.25) is 24.1 Å². The summed E-state index contributed by atoms with van der Waals surface area (Å²) in [7, 11) is 0. The number of nitrogens with zero attached hydrogens (tertiary/aromatic N) is 2. The zero-order valence-electron chi connectivity index (χ0n) is 22.5. The van der Waals surface area contributed by atoms with Crippen molar-refractivity contribution < 1.29 is 28.7 Å². The molecule has 2 aromatic carbocycles. The van der Waals surface area contributed by atoms with Crippen molar-refractivity contribution in [3.8, 4) is 11.5 Å². The van der Waals surface area contributed by atoms with E-state index in [1.54, 1.807) is 23.1 Å². The fraction of sp³-hybridized carbons (Fsp3) is 0.379. The van der Waals surface area contributed by atoms with E-state index >= 15 is 0 Å². The number of ether oxygens (including phenoxy) is 2. The van der Waals surface area contributed by atoms with Gasteiger partial charge in [0.1, 0.15) is 6.54 Å². The molecule has 4 rings (SSSR count). The Balaban J connectivity index is 1.44. The van der Waals surface area contributed by atoms with Crippen LogP contribution in [0.4, 0.5) is 10.5 Å². The topological polar surface area (TPSA) is 105 Å². The van der Waals surface area contributed by atoms with Gasteiger partial charge in [-0.2, -0.15) is 0 Å². The minimum Gasteiger partial charge on any atom is -0.490 e. The number of carbonyl (C=O) groups is 4. The predicted molar refractivity (Wildman–Crippen MR) is 158 cm³/mol. The number of hydrogen-bond donors (Lipinski definition) is 1. The fourth-order valence-corrected chi connectivity index (χ4v) is 5.62. The number of hydrogen-bond acceptors (Lipinski definition) is 7. The fourth-order valence-electron chi connectivity index (χ4n) is 4.35. The van der Waals surface area contributed by atoms with Crippen LogP contribution in [0.5, 0.6) is 11.5 Å². The predicted octanol–water partition coefficient (Wildman–Crippen LogP) is 5.61. The van der Waals surface area contributed by atoms with Gasteiger partial charge >= 0.3 is 0 Å². The van der Waals surface area contributed by atoms with Crippen molar-refractivity contribution in [2.45, 2.75) is 39.5 Å². The van der Waals surface area contributed by atoms with Crippen molar-refractivity contribution in [3.05, 3.63) is 56.9 Å². The van der Waals surface area contributed by atoms with Crippen LogP contribution in [0.3, 0.4) is 0 Å². The minimum atomic E-state index is -0.504. The number of anilines is 1. The van der Waals surface area contributed by atoms with E-state index in [1.165, 1.54) is 0 Å². The standard InChI is InChI=1S/C29H32BrN3O6S/c1-3-38-23-14-20(22(30)16-24(23)39-18-26(34)31-21-10-8-19(2)9-11-21)15-25-28(36)33(29(37)40-25)17-27(35)32-12-6-4-5-7-13-32/h8-11,14-16H,3-7,12-13,17-18H2,1-2H3,(H,31,34). The van der Waals surface area contributed by atoms with Crippen LogP contribution in [-0.4, -0.2) is 65.6 Å². The summed E-state index contributed by atoms with van der Waals surface area (Å²) in [5, 5.41) is 2.31. The second-order valence-electron chi connectivity index (χ2n) is 9.52. The molecule has 2 aliphatic heterocycles. The second kappa shape index (κ2) is 13.8. The van der Waals surface area contributed by atoms with Crippen LogP contribution in [0.25, 0.3) is 6.08 Å². The molecule has 9 nitrogen and oxygen atoms in total. The summed E-state index contributed by atoms with van der Waals surface area (Å²) >= 11 is 4.30. The number of benzene rings is 2. The second-order valence-corrected chi connectivity index (χ2v) is 11.4.